The van der Waals surface area contributed by atoms with Crippen LogP contribution in [0.15, 0.2) is 30.7 Å². The summed E-state index contributed by atoms with van der Waals surface area (Å²) in [5, 5.41) is 0.0204. The number of ether oxygens (including phenoxy) is 1. The van der Waals surface area contributed by atoms with Crippen molar-refractivity contribution in [1.29, 1.82) is 0 Å². The van der Waals surface area contributed by atoms with Crippen LogP contribution in [0.3, 0.4) is 0 Å². The Balaban J connectivity index is 1.93. The average Bonchev–Trinajstić information content (AvgIpc) is 2.56. The number of benzene rings is 1. The van der Waals surface area contributed by atoms with Crippen molar-refractivity contribution in [3.05, 3.63) is 47.3 Å². The molecule has 1 fully saturated rings. The number of halogens is 4. The zero-order valence-corrected chi connectivity index (χ0v) is 15.4. The summed E-state index contributed by atoms with van der Waals surface area (Å²) in [7, 11) is 0. The van der Waals surface area contributed by atoms with Crippen LogP contribution in [0.25, 0.3) is 0 Å². The Morgan fingerprint density at radius 3 is 2.63 bits per heavy atom. The van der Waals surface area contributed by atoms with Crippen LogP contribution in [-0.2, 0) is 0 Å². The third-order valence-corrected chi connectivity index (χ3v) is 4.56. The van der Waals surface area contributed by atoms with E-state index in [1.54, 1.807) is 13.8 Å². The molecule has 1 aliphatic carbocycles. The Morgan fingerprint density at radius 2 is 2.04 bits per heavy atom. The van der Waals surface area contributed by atoms with Gasteiger partial charge in [0.2, 0.25) is 0 Å². The predicted molar refractivity (Wildman–Crippen MR) is 92.8 cm³/mol. The molecule has 1 aliphatic rings. The Morgan fingerprint density at radius 1 is 1.33 bits per heavy atom. The van der Waals surface area contributed by atoms with Crippen LogP contribution >= 0.6 is 11.6 Å². The van der Waals surface area contributed by atoms with Gasteiger partial charge in [0, 0.05) is 24.9 Å². The number of aromatic nitrogens is 2. The first-order valence-electron chi connectivity index (χ1n) is 8.31. The number of amides is 1. The molecule has 0 atom stereocenters. The molecule has 5 nitrogen and oxygen atoms in total. The summed E-state index contributed by atoms with van der Waals surface area (Å²) in [5.41, 5.74) is -0.0844. The molecule has 0 saturated heterocycles. The highest BCUT2D eigenvalue weighted by molar-refractivity contribution is 6.30. The lowest BCUT2D eigenvalue weighted by atomic mass is 9.85. The van der Waals surface area contributed by atoms with Crippen LogP contribution in [0.4, 0.5) is 13.2 Å². The predicted octanol–water partition coefficient (Wildman–Crippen LogP) is 4.71. The van der Waals surface area contributed by atoms with Gasteiger partial charge in [-0.25, -0.2) is 23.1 Å². The molecule has 1 heterocycles. The van der Waals surface area contributed by atoms with E-state index in [0.29, 0.717) is 0 Å². The van der Waals surface area contributed by atoms with Gasteiger partial charge in [0.25, 0.3) is 11.8 Å². The quantitative estimate of drug-likeness (QED) is 0.683. The van der Waals surface area contributed by atoms with Crippen LogP contribution in [-0.4, -0.2) is 38.8 Å². The molecule has 0 bridgehead atoms. The van der Waals surface area contributed by atoms with E-state index in [-0.39, 0.29) is 28.3 Å². The van der Waals surface area contributed by atoms with Crippen molar-refractivity contribution in [2.45, 2.75) is 44.7 Å². The second-order valence-electron chi connectivity index (χ2n) is 6.64. The summed E-state index contributed by atoms with van der Waals surface area (Å²) in [6.07, 6.45) is 1.70. The number of carbonyl (C=O) groups excluding carboxylic acids is 1. The third kappa shape index (κ3) is 4.16. The fourth-order valence-corrected chi connectivity index (χ4v) is 3.17. The number of nitrogens with zero attached hydrogens (tertiary/aromatic N) is 3. The van der Waals surface area contributed by atoms with Crippen molar-refractivity contribution in [1.82, 2.24) is 14.9 Å². The minimum Gasteiger partial charge on any atom is -0.452 e. The summed E-state index contributed by atoms with van der Waals surface area (Å²) in [6.45, 7) is 3.44. The molecular weight excluding hydrogens is 383 g/mol. The van der Waals surface area contributed by atoms with Crippen molar-refractivity contribution >= 4 is 17.5 Å². The highest BCUT2D eigenvalue weighted by Gasteiger charge is 2.50. The van der Waals surface area contributed by atoms with Gasteiger partial charge in [0.05, 0.1) is 11.8 Å². The maximum Gasteiger partial charge on any atom is 0.258 e. The largest absolute Gasteiger partial charge is 0.452 e. The first-order valence-corrected chi connectivity index (χ1v) is 8.69. The average molecular weight is 400 g/mol. The molecule has 144 valence electrons. The van der Waals surface area contributed by atoms with Crippen molar-refractivity contribution in [3.63, 3.8) is 0 Å². The minimum atomic E-state index is -2.78. The number of rotatable bonds is 5. The van der Waals surface area contributed by atoms with Crippen LogP contribution in [0.5, 0.6) is 11.5 Å². The first-order chi connectivity index (χ1) is 12.7. The number of hydrogen-bond donors (Lipinski definition) is 0. The van der Waals surface area contributed by atoms with Crippen LogP contribution in [0.2, 0.25) is 5.15 Å². The minimum absolute atomic E-state index is 0.0204. The number of alkyl halides is 2. The van der Waals surface area contributed by atoms with E-state index < -0.39 is 36.5 Å². The van der Waals surface area contributed by atoms with Crippen LogP contribution in [0.1, 0.15) is 37.0 Å². The molecule has 0 unspecified atom stereocenters. The number of carbonyl (C=O) groups is 1. The van der Waals surface area contributed by atoms with Gasteiger partial charge in [-0.3, -0.25) is 4.79 Å². The molecule has 9 heteroatoms. The Kier molecular flexibility index (Phi) is 5.28. The van der Waals surface area contributed by atoms with E-state index >= 15 is 0 Å². The smallest absolute Gasteiger partial charge is 0.258 e. The van der Waals surface area contributed by atoms with Gasteiger partial charge < -0.3 is 9.64 Å². The van der Waals surface area contributed by atoms with Gasteiger partial charge in [-0.2, -0.15) is 0 Å². The van der Waals surface area contributed by atoms with Gasteiger partial charge >= 0.3 is 0 Å². The molecule has 1 aromatic carbocycles. The van der Waals surface area contributed by atoms with E-state index in [9.17, 15) is 18.0 Å². The SMILES string of the molecule is CC(C)N(C(=O)c1cc(F)ccc1Oc1cncnc1Cl)C1CC(F)(F)C1. The van der Waals surface area contributed by atoms with E-state index in [1.165, 1.54) is 23.5 Å². The molecular formula is C18H17ClF3N3O2. The molecule has 27 heavy (non-hydrogen) atoms. The molecule has 2 aromatic rings. The van der Waals surface area contributed by atoms with Gasteiger partial charge in [-0.15, -0.1) is 0 Å². The maximum atomic E-state index is 13.8. The third-order valence-electron chi connectivity index (χ3n) is 4.28. The fraction of sp³-hybridized carbons (Fsp3) is 0.389. The van der Waals surface area contributed by atoms with Gasteiger partial charge in [-0.05, 0) is 32.0 Å². The highest BCUT2D eigenvalue weighted by Crippen LogP contribution is 2.42. The molecule has 0 N–H and O–H groups in total. The zero-order chi connectivity index (χ0) is 19.8. The van der Waals surface area contributed by atoms with Crippen molar-refractivity contribution in [2.75, 3.05) is 0 Å². The number of hydrogen-bond acceptors (Lipinski definition) is 4. The van der Waals surface area contributed by atoms with Gasteiger partial charge in [0.1, 0.15) is 17.9 Å². The van der Waals surface area contributed by atoms with Crippen molar-refractivity contribution in [3.8, 4) is 11.5 Å². The molecule has 0 radical (unpaired) electrons. The summed E-state index contributed by atoms with van der Waals surface area (Å²) in [4.78, 5) is 21.9. The molecule has 3 rings (SSSR count). The molecule has 1 saturated carbocycles. The topological polar surface area (TPSA) is 55.3 Å². The van der Waals surface area contributed by atoms with E-state index in [1.807, 2.05) is 0 Å². The molecule has 1 aromatic heterocycles. The summed E-state index contributed by atoms with van der Waals surface area (Å²) in [5.74, 6) is -3.90. The van der Waals surface area contributed by atoms with Gasteiger partial charge in [0.15, 0.2) is 10.9 Å². The molecule has 1 amide bonds. The monoisotopic (exact) mass is 399 g/mol. The molecule has 0 spiro atoms. The van der Waals surface area contributed by atoms with E-state index in [4.69, 9.17) is 16.3 Å². The Hall–Kier alpha value is -2.35. The summed E-state index contributed by atoms with van der Waals surface area (Å²) < 4.78 is 46.0. The zero-order valence-electron chi connectivity index (χ0n) is 14.6. The summed E-state index contributed by atoms with van der Waals surface area (Å²) in [6, 6.07) is 2.45. The fourth-order valence-electron chi connectivity index (χ4n) is 3.03. The molecule has 0 aliphatic heterocycles. The van der Waals surface area contributed by atoms with Gasteiger partial charge in [-0.1, -0.05) is 11.6 Å². The van der Waals surface area contributed by atoms with Crippen molar-refractivity contribution < 1.29 is 22.7 Å². The van der Waals surface area contributed by atoms with E-state index in [0.717, 1.165) is 12.1 Å². The lowest BCUT2D eigenvalue weighted by Crippen LogP contribution is -2.55. The van der Waals surface area contributed by atoms with E-state index in [2.05, 4.69) is 9.97 Å². The maximum absolute atomic E-state index is 13.8. The lowest BCUT2D eigenvalue weighted by Gasteiger charge is -2.44. The highest BCUT2D eigenvalue weighted by atomic mass is 35.5. The van der Waals surface area contributed by atoms with Crippen LogP contribution < -0.4 is 4.74 Å². The lowest BCUT2D eigenvalue weighted by molar-refractivity contribution is -0.120. The van der Waals surface area contributed by atoms with Crippen LogP contribution in [0, 0.1) is 5.82 Å². The second-order valence-corrected chi connectivity index (χ2v) is 7.00. The van der Waals surface area contributed by atoms with Crippen molar-refractivity contribution in [2.24, 2.45) is 0 Å². The second kappa shape index (κ2) is 7.34. The Bertz CT molecular complexity index is 855. The standard InChI is InChI=1S/C18H17ClF3N3O2/c1-10(2)25(12-6-18(21,22)7-12)17(26)13-5-11(20)3-4-14(13)27-15-8-23-9-24-16(15)19/h3-5,8-10,12H,6-7H2,1-2H3. The Labute approximate surface area is 159 Å². The summed E-state index contributed by atoms with van der Waals surface area (Å²) >= 11 is 5.93. The first kappa shape index (κ1) is 19.4. The normalized spacial score (nSPS) is 16.1.